The number of nitrogens with zero attached hydrogens (tertiary/aromatic N) is 3. The minimum atomic E-state index is -0.592. The zero-order chi connectivity index (χ0) is 37.5. The van der Waals surface area contributed by atoms with Crippen LogP contribution < -0.4 is 5.32 Å². The molecule has 12 rings (SSSR count). The molecule has 2 aliphatic rings. The second-order valence-electron chi connectivity index (χ2n) is 15.0. The van der Waals surface area contributed by atoms with Crippen molar-refractivity contribution in [3.8, 4) is 50.7 Å². The fourth-order valence-corrected chi connectivity index (χ4v) is 9.57. The average Bonchev–Trinajstić information content (AvgIpc) is 3.76. The molecule has 8 aromatic carbocycles. The van der Waals surface area contributed by atoms with E-state index in [-0.39, 0.29) is 0 Å². The second kappa shape index (κ2) is 12.2. The molecule has 266 valence electrons. The normalized spacial score (nSPS) is 14.9. The lowest BCUT2D eigenvalue weighted by molar-refractivity contribution is 0.764. The number of anilines is 2. The van der Waals surface area contributed by atoms with E-state index in [1.165, 1.54) is 55.3 Å². The van der Waals surface area contributed by atoms with E-state index in [2.05, 4.69) is 198 Å². The molecule has 0 fully saturated rings. The maximum absolute atomic E-state index is 5.37. The summed E-state index contributed by atoms with van der Waals surface area (Å²) in [6.07, 6.45) is 0. The highest BCUT2D eigenvalue weighted by molar-refractivity contribution is 6.12. The fourth-order valence-electron chi connectivity index (χ4n) is 9.57. The number of hydrogen-bond donors (Lipinski definition) is 1. The summed E-state index contributed by atoms with van der Waals surface area (Å²) >= 11 is 0. The van der Waals surface area contributed by atoms with Crippen LogP contribution >= 0.6 is 0 Å². The van der Waals surface area contributed by atoms with Crippen LogP contribution in [0.4, 0.5) is 11.4 Å². The van der Waals surface area contributed by atoms with E-state index in [4.69, 9.17) is 9.97 Å². The van der Waals surface area contributed by atoms with Gasteiger partial charge in [0.25, 0.3) is 0 Å². The molecule has 0 bridgehead atoms. The average molecular weight is 727 g/mol. The molecule has 10 aromatic rings. The Kier molecular flexibility index (Phi) is 6.81. The van der Waals surface area contributed by atoms with Crippen molar-refractivity contribution in [3.63, 3.8) is 0 Å². The van der Waals surface area contributed by atoms with E-state index in [0.717, 1.165) is 44.9 Å². The van der Waals surface area contributed by atoms with Gasteiger partial charge >= 0.3 is 0 Å². The molecule has 1 spiro atoms. The van der Waals surface area contributed by atoms with Gasteiger partial charge in [-0.2, -0.15) is 0 Å². The van der Waals surface area contributed by atoms with Gasteiger partial charge in [0.15, 0.2) is 0 Å². The van der Waals surface area contributed by atoms with Crippen LogP contribution in [0.25, 0.3) is 72.5 Å². The standard InChI is InChI=1S/C53H34N4/c1-4-16-34(17-5-1)37-28-29-47-45(30-37)53(43-25-13-14-26-46(43)54-47)42-24-12-10-22-38(42)40-31-41-39-23-11-15-27-50(39)57(51(41)32-44(40)53)52-55-48(35-18-6-2-7-19-35)33-49(56-52)36-20-8-3-9-21-36/h1-33,54H. The first-order valence-corrected chi connectivity index (χ1v) is 19.5. The van der Waals surface area contributed by atoms with Crippen LogP contribution in [0.1, 0.15) is 22.3 Å². The second-order valence-corrected chi connectivity index (χ2v) is 15.0. The first kappa shape index (κ1) is 31.8. The molecule has 1 unspecified atom stereocenters. The van der Waals surface area contributed by atoms with Crippen molar-refractivity contribution in [1.29, 1.82) is 0 Å². The van der Waals surface area contributed by atoms with Gasteiger partial charge in [-0.3, -0.25) is 4.57 Å². The molecule has 0 amide bonds. The Morgan fingerprint density at radius 1 is 0.368 bits per heavy atom. The van der Waals surface area contributed by atoms with Crippen LogP contribution in [0, 0.1) is 0 Å². The number of fused-ring (bicyclic) bond motifs is 12. The Bertz CT molecular complexity index is 3150. The number of para-hydroxylation sites is 2. The smallest absolute Gasteiger partial charge is 0.235 e. The van der Waals surface area contributed by atoms with Crippen LogP contribution in [0.3, 0.4) is 0 Å². The maximum atomic E-state index is 5.37. The van der Waals surface area contributed by atoms with Crippen LogP contribution in [0.2, 0.25) is 0 Å². The molecular weight excluding hydrogens is 693 g/mol. The third-order valence-corrected chi connectivity index (χ3v) is 12.0. The Morgan fingerprint density at radius 2 is 0.965 bits per heavy atom. The molecule has 4 heteroatoms. The van der Waals surface area contributed by atoms with Crippen LogP contribution in [-0.4, -0.2) is 14.5 Å². The van der Waals surface area contributed by atoms with Crippen molar-refractivity contribution in [2.45, 2.75) is 5.41 Å². The maximum Gasteiger partial charge on any atom is 0.235 e. The Hall–Kier alpha value is -7.56. The molecule has 4 nitrogen and oxygen atoms in total. The third kappa shape index (κ3) is 4.62. The van der Waals surface area contributed by atoms with Gasteiger partial charge in [0, 0.05) is 33.3 Å². The van der Waals surface area contributed by atoms with Gasteiger partial charge in [0.1, 0.15) is 0 Å². The summed E-state index contributed by atoms with van der Waals surface area (Å²) in [5.41, 5.74) is 17.6. The molecule has 0 saturated carbocycles. The molecule has 57 heavy (non-hydrogen) atoms. The largest absolute Gasteiger partial charge is 0.355 e. The number of hydrogen-bond acceptors (Lipinski definition) is 3. The van der Waals surface area contributed by atoms with E-state index in [1.54, 1.807) is 0 Å². The summed E-state index contributed by atoms with van der Waals surface area (Å²) in [5, 5.41) is 6.19. The van der Waals surface area contributed by atoms with Gasteiger partial charge in [0.2, 0.25) is 5.95 Å². The SMILES string of the molecule is c1ccc(-c2ccc3c(c2)C2(c4ccccc4N3)c3ccccc3-c3cc4c5ccccc5n(-c5nc(-c6ccccc6)cc(-c6ccccc6)n5)c4cc32)cc1. The predicted octanol–water partition coefficient (Wildman–Crippen LogP) is 13.0. The van der Waals surface area contributed by atoms with Gasteiger partial charge in [-0.15, -0.1) is 0 Å². The predicted molar refractivity (Wildman–Crippen MR) is 233 cm³/mol. The van der Waals surface area contributed by atoms with E-state index in [1.807, 2.05) is 12.1 Å². The third-order valence-electron chi connectivity index (χ3n) is 12.0. The van der Waals surface area contributed by atoms with Gasteiger partial charge in [0.05, 0.1) is 27.8 Å². The summed E-state index contributed by atoms with van der Waals surface area (Å²) in [4.78, 5) is 10.7. The Morgan fingerprint density at radius 3 is 1.70 bits per heavy atom. The first-order chi connectivity index (χ1) is 28.3. The van der Waals surface area contributed by atoms with Crippen molar-refractivity contribution in [3.05, 3.63) is 222 Å². The van der Waals surface area contributed by atoms with Crippen molar-refractivity contribution >= 4 is 33.2 Å². The molecule has 3 heterocycles. The molecule has 2 aromatic heterocycles. The summed E-state index contributed by atoms with van der Waals surface area (Å²) in [5.74, 6) is 0.642. The van der Waals surface area contributed by atoms with Crippen molar-refractivity contribution in [2.24, 2.45) is 0 Å². The van der Waals surface area contributed by atoms with Crippen molar-refractivity contribution in [2.75, 3.05) is 5.32 Å². The summed E-state index contributed by atoms with van der Waals surface area (Å²) in [6, 6.07) is 72.0. The zero-order valence-corrected chi connectivity index (χ0v) is 30.9. The Labute approximate surface area is 330 Å². The summed E-state index contributed by atoms with van der Waals surface area (Å²) < 4.78 is 2.29. The van der Waals surface area contributed by atoms with Crippen molar-refractivity contribution in [1.82, 2.24) is 14.5 Å². The number of rotatable bonds is 4. The monoisotopic (exact) mass is 726 g/mol. The molecular formula is C53H34N4. The molecule has 1 aliphatic heterocycles. The van der Waals surface area contributed by atoms with E-state index in [0.29, 0.717) is 5.95 Å². The number of benzene rings is 8. The minimum absolute atomic E-state index is 0.592. The van der Waals surface area contributed by atoms with E-state index >= 15 is 0 Å². The topological polar surface area (TPSA) is 42.7 Å². The summed E-state index contributed by atoms with van der Waals surface area (Å²) in [6.45, 7) is 0. The minimum Gasteiger partial charge on any atom is -0.355 e. The van der Waals surface area contributed by atoms with Crippen molar-refractivity contribution < 1.29 is 0 Å². The van der Waals surface area contributed by atoms with Crippen LogP contribution in [-0.2, 0) is 5.41 Å². The van der Waals surface area contributed by atoms with Crippen LogP contribution in [0.15, 0.2) is 200 Å². The molecule has 0 saturated heterocycles. The van der Waals surface area contributed by atoms with Gasteiger partial charge in [-0.05, 0) is 87.0 Å². The number of nitrogens with one attached hydrogen (secondary N) is 1. The Balaban J connectivity index is 1.20. The van der Waals surface area contributed by atoms with Gasteiger partial charge in [-0.1, -0.05) is 158 Å². The lowest BCUT2D eigenvalue weighted by atomic mass is 9.64. The molecule has 1 N–H and O–H groups in total. The lowest BCUT2D eigenvalue weighted by Gasteiger charge is -2.40. The number of aromatic nitrogens is 3. The molecule has 1 aliphatic carbocycles. The fraction of sp³-hybridized carbons (Fsp3) is 0.0189. The zero-order valence-electron chi connectivity index (χ0n) is 30.9. The van der Waals surface area contributed by atoms with E-state index < -0.39 is 5.41 Å². The highest BCUT2D eigenvalue weighted by Gasteiger charge is 2.50. The first-order valence-electron chi connectivity index (χ1n) is 19.5. The lowest BCUT2D eigenvalue weighted by Crippen LogP contribution is -2.33. The van der Waals surface area contributed by atoms with E-state index in [9.17, 15) is 0 Å². The highest BCUT2D eigenvalue weighted by Crippen LogP contribution is 2.62. The van der Waals surface area contributed by atoms with Gasteiger partial charge < -0.3 is 5.32 Å². The van der Waals surface area contributed by atoms with Crippen LogP contribution in [0.5, 0.6) is 0 Å². The molecule has 1 atom stereocenters. The highest BCUT2D eigenvalue weighted by atomic mass is 15.2. The quantitative estimate of drug-likeness (QED) is 0.196. The van der Waals surface area contributed by atoms with Gasteiger partial charge in [-0.25, -0.2) is 9.97 Å². The molecule has 0 radical (unpaired) electrons. The summed E-state index contributed by atoms with van der Waals surface area (Å²) in [7, 11) is 0.